The number of hydrogen-bond donors (Lipinski definition) is 1. The van der Waals surface area contributed by atoms with E-state index in [-0.39, 0.29) is 5.69 Å². The maximum absolute atomic E-state index is 13.2. The van der Waals surface area contributed by atoms with E-state index < -0.39 is 28.3 Å². The van der Waals surface area contributed by atoms with Crippen molar-refractivity contribution in [2.45, 2.75) is 13.8 Å². The SMILES string of the molecule is Cc1cc(/C=N/NC(=O)CN(c2ccc(F)cc2)S(C)(=O)=O)c(C)n1-c1ccc(Br)cc1. The second-order valence-electron chi connectivity index (χ2n) is 7.18. The fraction of sp³-hybridized carbons (Fsp3) is 0.182. The maximum Gasteiger partial charge on any atom is 0.260 e. The highest BCUT2D eigenvalue weighted by Gasteiger charge is 2.20. The summed E-state index contributed by atoms with van der Waals surface area (Å²) in [5.74, 6) is -1.13. The molecular formula is C22H22BrFN4O3S. The summed E-state index contributed by atoms with van der Waals surface area (Å²) in [6.45, 7) is 3.43. The number of rotatable bonds is 7. The van der Waals surface area contributed by atoms with Crippen LogP contribution in [0.4, 0.5) is 10.1 Å². The number of hydrogen-bond acceptors (Lipinski definition) is 4. The Labute approximate surface area is 194 Å². The van der Waals surface area contributed by atoms with Crippen molar-refractivity contribution < 1.29 is 17.6 Å². The van der Waals surface area contributed by atoms with Crippen molar-refractivity contribution >= 4 is 43.8 Å². The first-order valence-corrected chi connectivity index (χ1v) is 12.2. The lowest BCUT2D eigenvalue weighted by atomic mass is 10.2. The largest absolute Gasteiger partial charge is 0.318 e. The highest BCUT2D eigenvalue weighted by molar-refractivity contribution is 9.10. The minimum Gasteiger partial charge on any atom is -0.318 e. The van der Waals surface area contributed by atoms with Gasteiger partial charge in [0.15, 0.2) is 0 Å². The number of amides is 1. The molecule has 0 unspecified atom stereocenters. The van der Waals surface area contributed by atoms with E-state index in [1.165, 1.54) is 18.3 Å². The molecule has 2 aromatic carbocycles. The number of halogens is 2. The molecule has 1 aromatic heterocycles. The van der Waals surface area contributed by atoms with Crippen molar-refractivity contribution in [1.29, 1.82) is 0 Å². The van der Waals surface area contributed by atoms with Gasteiger partial charge in [-0.3, -0.25) is 9.10 Å². The van der Waals surface area contributed by atoms with Gasteiger partial charge in [0.05, 0.1) is 18.2 Å². The number of carbonyl (C=O) groups excluding carboxylic acids is 1. The number of sulfonamides is 1. The Bertz CT molecular complexity index is 1250. The number of benzene rings is 2. The molecule has 0 bridgehead atoms. The minimum atomic E-state index is -3.75. The number of carbonyl (C=O) groups is 1. The van der Waals surface area contributed by atoms with Gasteiger partial charge < -0.3 is 4.57 Å². The molecule has 0 saturated carbocycles. The third-order valence-corrected chi connectivity index (χ3v) is 6.42. The van der Waals surface area contributed by atoms with E-state index in [0.29, 0.717) is 0 Å². The van der Waals surface area contributed by atoms with E-state index in [0.717, 1.165) is 49.8 Å². The summed E-state index contributed by atoms with van der Waals surface area (Å²) in [5.41, 5.74) is 6.28. The van der Waals surface area contributed by atoms with Crippen molar-refractivity contribution in [3.63, 3.8) is 0 Å². The van der Waals surface area contributed by atoms with Crippen molar-refractivity contribution in [3.05, 3.63) is 81.8 Å². The number of aryl methyl sites for hydroxylation is 1. The quantitative estimate of drug-likeness (QED) is 0.378. The van der Waals surface area contributed by atoms with Crippen LogP contribution in [-0.2, 0) is 14.8 Å². The molecule has 0 spiro atoms. The first kappa shape index (κ1) is 23.7. The lowest BCUT2D eigenvalue weighted by molar-refractivity contribution is -0.119. The molecule has 3 aromatic rings. The summed E-state index contributed by atoms with van der Waals surface area (Å²) >= 11 is 3.43. The number of nitrogens with one attached hydrogen (secondary N) is 1. The molecule has 3 rings (SSSR count). The first-order valence-electron chi connectivity index (χ1n) is 9.56. The lowest BCUT2D eigenvalue weighted by Gasteiger charge is -2.21. The zero-order valence-corrected chi connectivity index (χ0v) is 20.1. The summed E-state index contributed by atoms with van der Waals surface area (Å²) in [7, 11) is -3.75. The van der Waals surface area contributed by atoms with Gasteiger partial charge in [0.2, 0.25) is 10.0 Å². The highest BCUT2D eigenvalue weighted by Crippen LogP contribution is 2.21. The van der Waals surface area contributed by atoms with Crippen molar-refractivity contribution in [3.8, 4) is 5.69 Å². The van der Waals surface area contributed by atoms with Gasteiger partial charge in [-0.05, 0) is 68.4 Å². The van der Waals surface area contributed by atoms with Gasteiger partial charge in [0.1, 0.15) is 12.4 Å². The monoisotopic (exact) mass is 520 g/mol. The molecule has 0 saturated heterocycles. The normalized spacial score (nSPS) is 11.7. The number of nitrogens with zero attached hydrogens (tertiary/aromatic N) is 3. The molecule has 1 N–H and O–H groups in total. The average molecular weight is 521 g/mol. The second kappa shape index (κ2) is 9.66. The molecule has 0 atom stereocenters. The molecule has 0 radical (unpaired) electrons. The van der Waals surface area contributed by atoms with E-state index in [1.54, 1.807) is 0 Å². The molecule has 32 heavy (non-hydrogen) atoms. The molecule has 1 amide bonds. The standard InChI is InChI=1S/C22H22BrFN4O3S/c1-15-12-17(16(2)28(15)21-8-4-18(23)5-9-21)13-25-26-22(29)14-27(32(3,30)31)20-10-6-19(24)7-11-20/h4-13H,14H2,1-3H3,(H,26,29)/b25-13+. The third kappa shape index (κ3) is 5.63. The first-order chi connectivity index (χ1) is 15.1. The summed E-state index contributed by atoms with van der Waals surface area (Å²) in [5, 5.41) is 3.98. The minimum absolute atomic E-state index is 0.186. The molecule has 0 aliphatic heterocycles. The van der Waals surface area contributed by atoms with Crippen LogP contribution in [0.2, 0.25) is 0 Å². The van der Waals surface area contributed by atoms with Gasteiger partial charge in [-0.1, -0.05) is 15.9 Å². The van der Waals surface area contributed by atoms with E-state index in [4.69, 9.17) is 0 Å². The number of hydrazone groups is 1. The summed E-state index contributed by atoms with van der Waals surface area (Å²) < 4.78 is 41.3. The van der Waals surface area contributed by atoms with Gasteiger partial charge in [-0.25, -0.2) is 18.2 Å². The summed E-state index contributed by atoms with van der Waals surface area (Å²) in [6.07, 6.45) is 2.49. The van der Waals surface area contributed by atoms with Crippen LogP contribution in [0.15, 0.2) is 64.2 Å². The zero-order chi connectivity index (χ0) is 23.5. The van der Waals surface area contributed by atoms with Crippen LogP contribution in [0.1, 0.15) is 17.0 Å². The fourth-order valence-electron chi connectivity index (χ4n) is 3.25. The Morgan fingerprint density at radius 3 is 2.38 bits per heavy atom. The van der Waals surface area contributed by atoms with Crippen molar-refractivity contribution in [2.75, 3.05) is 17.1 Å². The molecule has 1 heterocycles. The molecular weight excluding hydrogens is 499 g/mol. The van der Waals surface area contributed by atoms with Gasteiger partial charge in [0, 0.05) is 27.1 Å². The average Bonchev–Trinajstić information content (AvgIpc) is 3.00. The van der Waals surface area contributed by atoms with E-state index in [2.05, 4.69) is 31.0 Å². The topological polar surface area (TPSA) is 83.8 Å². The van der Waals surface area contributed by atoms with Crippen LogP contribution < -0.4 is 9.73 Å². The third-order valence-electron chi connectivity index (χ3n) is 4.75. The van der Waals surface area contributed by atoms with Gasteiger partial charge in [0.25, 0.3) is 5.91 Å². The van der Waals surface area contributed by atoms with Crippen molar-refractivity contribution in [2.24, 2.45) is 5.10 Å². The Hall–Kier alpha value is -2.98. The van der Waals surface area contributed by atoms with E-state index >= 15 is 0 Å². The van der Waals surface area contributed by atoms with Crippen LogP contribution in [0.3, 0.4) is 0 Å². The Kier molecular flexibility index (Phi) is 7.15. The van der Waals surface area contributed by atoms with Gasteiger partial charge in [-0.2, -0.15) is 5.10 Å². The van der Waals surface area contributed by atoms with Crippen LogP contribution in [0.5, 0.6) is 0 Å². The predicted molar refractivity (Wildman–Crippen MR) is 127 cm³/mol. The summed E-state index contributed by atoms with van der Waals surface area (Å²) in [6, 6.07) is 14.7. The van der Waals surface area contributed by atoms with Crippen LogP contribution >= 0.6 is 15.9 Å². The fourth-order valence-corrected chi connectivity index (χ4v) is 4.37. The maximum atomic E-state index is 13.2. The predicted octanol–water partition coefficient (Wildman–Crippen LogP) is 3.91. The van der Waals surface area contributed by atoms with Crippen LogP contribution in [-0.4, -0.2) is 37.9 Å². The lowest BCUT2D eigenvalue weighted by Crippen LogP contribution is -2.39. The molecule has 0 aliphatic rings. The molecule has 0 fully saturated rings. The van der Waals surface area contributed by atoms with E-state index in [9.17, 15) is 17.6 Å². The number of aromatic nitrogens is 1. The van der Waals surface area contributed by atoms with E-state index in [1.807, 2.05) is 44.2 Å². The molecule has 0 aliphatic carbocycles. The Morgan fingerprint density at radius 2 is 1.78 bits per heavy atom. The number of anilines is 1. The zero-order valence-electron chi connectivity index (χ0n) is 17.7. The molecule has 7 nitrogen and oxygen atoms in total. The van der Waals surface area contributed by atoms with Gasteiger partial charge >= 0.3 is 0 Å². The van der Waals surface area contributed by atoms with Crippen molar-refractivity contribution in [1.82, 2.24) is 9.99 Å². The van der Waals surface area contributed by atoms with Crippen LogP contribution in [0, 0.1) is 19.7 Å². The van der Waals surface area contributed by atoms with Gasteiger partial charge in [-0.15, -0.1) is 0 Å². The second-order valence-corrected chi connectivity index (χ2v) is 10.0. The Balaban J connectivity index is 1.73. The Morgan fingerprint density at radius 1 is 1.16 bits per heavy atom. The molecule has 168 valence electrons. The smallest absolute Gasteiger partial charge is 0.260 e. The van der Waals surface area contributed by atoms with Crippen LogP contribution in [0.25, 0.3) is 5.69 Å². The molecule has 10 heteroatoms. The summed E-state index contributed by atoms with van der Waals surface area (Å²) in [4.78, 5) is 12.3. The highest BCUT2D eigenvalue weighted by atomic mass is 79.9.